The summed E-state index contributed by atoms with van der Waals surface area (Å²) < 4.78 is 19.1. The first-order valence-corrected chi connectivity index (χ1v) is 10.9. The number of rotatable bonds is 7. The Morgan fingerprint density at radius 2 is 1.84 bits per heavy atom. The number of ether oxygens (including phenoxy) is 1. The summed E-state index contributed by atoms with van der Waals surface area (Å²) in [5.41, 5.74) is 2.02. The van der Waals surface area contributed by atoms with Gasteiger partial charge in [-0.05, 0) is 63.8 Å². The maximum Gasteiger partial charge on any atom is 0.260 e. The number of halogens is 2. The van der Waals surface area contributed by atoms with Crippen molar-refractivity contribution in [2.45, 2.75) is 39.0 Å². The first-order chi connectivity index (χ1) is 14.7. The summed E-state index contributed by atoms with van der Waals surface area (Å²) in [6, 6.07) is 12.3. The second-order valence-electron chi connectivity index (χ2n) is 8.58. The number of nitrogens with zero attached hydrogens (tertiary/aromatic N) is 3. The van der Waals surface area contributed by atoms with Crippen LogP contribution in [-0.4, -0.2) is 66.5 Å². The predicted octanol–water partition coefficient (Wildman–Crippen LogP) is 4.04. The molecule has 3 rings (SSSR count). The third-order valence-corrected chi connectivity index (χ3v) is 5.83. The van der Waals surface area contributed by atoms with E-state index < -0.39 is 0 Å². The molecule has 0 aromatic heterocycles. The van der Waals surface area contributed by atoms with Crippen molar-refractivity contribution in [3.05, 3.63) is 64.4 Å². The van der Waals surface area contributed by atoms with Crippen molar-refractivity contribution in [3.8, 4) is 5.75 Å². The highest BCUT2D eigenvalue weighted by atomic mass is 35.5. The van der Waals surface area contributed by atoms with Gasteiger partial charge in [-0.15, -0.1) is 0 Å². The van der Waals surface area contributed by atoms with E-state index in [2.05, 4.69) is 18.7 Å². The van der Waals surface area contributed by atoms with Gasteiger partial charge in [0.05, 0.1) is 0 Å². The highest BCUT2D eigenvalue weighted by molar-refractivity contribution is 6.30. The molecule has 0 spiro atoms. The first kappa shape index (κ1) is 23.5. The summed E-state index contributed by atoms with van der Waals surface area (Å²) >= 11 is 6.13. The zero-order chi connectivity index (χ0) is 22.5. The van der Waals surface area contributed by atoms with E-state index in [1.165, 1.54) is 12.1 Å². The fourth-order valence-corrected chi connectivity index (χ4v) is 4.16. The Bertz CT molecular complexity index is 891. The molecular formula is C24H31ClFN3O2. The van der Waals surface area contributed by atoms with Gasteiger partial charge in [0.15, 0.2) is 6.61 Å². The molecule has 1 amide bonds. The maximum absolute atomic E-state index is 13.2. The Hall–Kier alpha value is -2.15. The van der Waals surface area contributed by atoms with E-state index in [0.29, 0.717) is 23.9 Å². The van der Waals surface area contributed by atoms with E-state index in [1.54, 1.807) is 6.07 Å². The van der Waals surface area contributed by atoms with E-state index >= 15 is 0 Å². The smallest absolute Gasteiger partial charge is 0.260 e. The van der Waals surface area contributed by atoms with Crippen molar-refractivity contribution in [3.63, 3.8) is 0 Å². The molecule has 2 aromatic rings. The number of benzene rings is 2. The van der Waals surface area contributed by atoms with Gasteiger partial charge in [-0.3, -0.25) is 9.69 Å². The molecule has 31 heavy (non-hydrogen) atoms. The summed E-state index contributed by atoms with van der Waals surface area (Å²) in [7, 11) is 3.95. The molecule has 0 saturated carbocycles. The summed E-state index contributed by atoms with van der Waals surface area (Å²) in [6.07, 6.45) is 0. The molecule has 1 saturated heterocycles. The molecule has 168 valence electrons. The fourth-order valence-electron chi connectivity index (χ4n) is 3.97. The lowest BCUT2D eigenvalue weighted by Crippen LogP contribution is -2.58. The molecule has 1 fully saturated rings. The molecule has 2 aromatic carbocycles. The van der Waals surface area contributed by atoms with Crippen LogP contribution in [0.2, 0.25) is 5.02 Å². The fraction of sp³-hybridized carbons (Fsp3) is 0.458. The van der Waals surface area contributed by atoms with Crippen LogP contribution in [0, 0.1) is 5.82 Å². The van der Waals surface area contributed by atoms with Gasteiger partial charge in [-0.25, -0.2) is 4.39 Å². The minimum Gasteiger partial charge on any atom is -0.483 e. The summed E-state index contributed by atoms with van der Waals surface area (Å²) in [4.78, 5) is 19.2. The number of carbonyl (C=O) groups excluding carboxylic acids is 1. The monoisotopic (exact) mass is 447 g/mol. The molecule has 1 heterocycles. The number of hydrogen-bond acceptors (Lipinski definition) is 4. The van der Waals surface area contributed by atoms with Crippen LogP contribution in [0.4, 0.5) is 4.39 Å². The molecule has 2 atom stereocenters. The second kappa shape index (κ2) is 10.4. The van der Waals surface area contributed by atoms with Crippen molar-refractivity contribution in [2.75, 3.05) is 33.8 Å². The highest BCUT2D eigenvalue weighted by Crippen LogP contribution is 2.25. The van der Waals surface area contributed by atoms with Gasteiger partial charge < -0.3 is 14.5 Å². The third-order valence-electron chi connectivity index (χ3n) is 5.59. The second-order valence-corrected chi connectivity index (χ2v) is 9.01. The third kappa shape index (κ3) is 6.42. The van der Waals surface area contributed by atoms with Crippen molar-refractivity contribution < 1.29 is 13.9 Å². The standard InChI is InChI=1S/C24H31ClFN3O2/c1-17-13-29(18(2)12-28(17)14-19-5-8-22(26)9-6-19)24(30)16-31-23-10-7-21(25)11-20(23)15-27(3)4/h5-11,17-18H,12-16H2,1-4H3/t17-,18+/m0/s1. The van der Waals surface area contributed by atoms with Crippen LogP contribution >= 0.6 is 11.6 Å². The number of amides is 1. The van der Waals surface area contributed by atoms with Crippen LogP contribution in [-0.2, 0) is 17.9 Å². The molecule has 0 bridgehead atoms. The largest absolute Gasteiger partial charge is 0.483 e. The van der Waals surface area contributed by atoms with Gasteiger partial charge in [0.1, 0.15) is 11.6 Å². The topological polar surface area (TPSA) is 36.0 Å². The van der Waals surface area contributed by atoms with Gasteiger partial charge in [-0.1, -0.05) is 23.7 Å². The van der Waals surface area contributed by atoms with E-state index in [9.17, 15) is 9.18 Å². The molecule has 0 unspecified atom stereocenters. The number of carbonyl (C=O) groups is 1. The molecule has 1 aliphatic heterocycles. The molecule has 0 radical (unpaired) electrons. The minimum atomic E-state index is -0.227. The molecule has 1 aliphatic rings. The molecule has 5 nitrogen and oxygen atoms in total. The van der Waals surface area contributed by atoms with Crippen LogP contribution in [0.25, 0.3) is 0 Å². The van der Waals surface area contributed by atoms with Crippen LogP contribution in [0.5, 0.6) is 5.75 Å². The first-order valence-electron chi connectivity index (χ1n) is 10.6. The van der Waals surface area contributed by atoms with E-state index in [1.807, 2.05) is 48.2 Å². The van der Waals surface area contributed by atoms with Gasteiger partial charge in [0.25, 0.3) is 5.91 Å². The zero-order valence-electron chi connectivity index (χ0n) is 18.6. The average Bonchev–Trinajstić information content (AvgIpc) is 2.71. The van der Waals surface area contributed by atoms with Crippen LogP contribution < -0.4 is 4.74 Å². The van der Waals surface area contributed by atoms with Crippen molar-refractivity contribution in [2.24, 2.45) is 0 Å². The summed E-state index contributed by atoms with van der Waals surface area (Å²) in [5, 5.41) is 0.648. The van der Waals surface area contributed by atoms with Gasteiger partial charge >= 0.3 is 0 Å². The normalized spacial score (nSPS) is 19.6. The number of hydrogen-bond donors (Lipinski definition) is 0. The van der Waals surface area contributed by atoms with Crippen molar-refractivity contribution in [1.29, 1.82) is 0 Å². The lowest BCUT2D eigenvalue weighted by atomic mass is 10.1. The summed E-state index contributed by atoms with van der Waals surface area (Å²) in [6.45, 7) is 6.98. The van der Waals surface area contributed by atoms with Gasteiger partial charge in [-0.2, -0.15) is 0 Å². The molecule has 7 heteroatoms. The SMILES string of the molecule is C[C@@H]1CN(Cc2ccc(F)cc2)[C@@H](C)CN1C(=O)COc1ccc(Cl)cc1CN(C)C. The average molecular weight is 448 g/mol. The van der Waals surface area contributed by atoms with Gasteiger partial charge in [0, 0.05) is 48.8 Å². The van der Waals surface area contributed by atoms with Crippen LogP contribution in [0.15, 0.2) is 42.5 Å². The Morgan fingerprint density at radius 1 is 1.13 bits per heavy atom. The van der Waals surface area contributed by atoms with Gasteiger partial charge in [0.2, 0.25) is 0 Å². The van der Waals surface area contributed by atoms with Crippen molar-refractivity contribution in [1.82, 2.24) is 14.7 Å². The molecular weight excluding hydrogens is 417 g/mol. The van der Waals surface area contributed by atoms with Crippen LogP contribution in [0.1, 0.15) is 25.0 Å². The van der Waals surface area contributed by atoms with E-state index in [0.717, 1.165) is 24.2 Å². The summed E-state index contributed by atoms with van der Waals surface area (Å²) in [5.74, 6) is 0.434. The Labute approximate surface area is 189 Å². The lowest BCUT2D eigenvalue weighted by Gasteiger charge is -2.44. The zero-order valence-corrected chi connectivity index (χ0v) is 19.4. The minimum absolute atomic E-state index is 0.00289. The quantitative estimate of drug-likeness (QED) is 0.641. The van der Waals surface area contributed by atoms with Crippen LogP contribution in [0.3, 0.4) is 0 Å². The molecule has 0 aliphatic carbocycles. The lowest BCUT2D eigenvalue weighted by molar-refractivity contribution is -0.139. The van der Waals surface area contributed by atoms with E-state index in [4.69, 9.17) is 16.3 Å². The molecule has 0 N–H and O–H groups in total. The highest BCUT2D eigenvalue weighted by Gasteiger charge is 2.32. The van der Waals surface area contributed by atoms with E-state index in [-0.39, 0.29) is 30.4 Å². The Balaban J connectivity index is 1.59. The maximum atomic E-state index is 13.2. The number of piperazine rings is 1. The predicted molar refractivity (Wildman–Crippen MR) is 122 cm³/mol. The Kier molecular flexibility index (Phi) is 7.92. The Morgan fingerprint density at radius 3 is 2.52 bits per heavy atom. The van der Waals surface area contributed by atoms with Crippen molar-refractivity contribution >= 4 is 17.5 Å².